The molecule has 0 aliphatic rings. The van der Waals surface area contributed by atoms with Crippen LogP contribution in [0.15, 0.2) is 24.3 Å². The summed E-state index contributed by atoms with van der Waals surface area (Å²) in [6.07, 6.45) is 0. The third kappa shape index (κ3) is 3.28. The standard InChI is InChI=1S/C13H15N3O3/c1-9(2)13(3,8-14)15-12(17)10-5-4-6-11(7-10)16(18)19/h4-7,9H,1-3H3,(H,15,17)/t13-/m1/s1. The van der Waals surface area contributed by atoms with Crippen molar-refractivity contribution in [2.24, 2.45) is 5.92 Å². The van der Waals surface area contributed by atoms with E-state index in [0.717, 1.165) is 0 Å². The van der Waals surface area contributed by atoms with E-state index in [1.165, 1.54) is 24.3 Å². The predicted molar refractivity (Wildman–Crippen MR) is 69.4 cm³/mol. The van der Waals surface area contributed by atoms with Crippen LogP contribution in [-0.4, -0.2) is 16.4 Å². The van der Waals surface area contributed by atoms with Gasteiger partial charge in [0.1, 0.15) is 5.54 Å². The Bertz CT molecular complexity index is 548. The lowest BCUT2D eigenvalue weighted by Gasteiger charge is -2.27. The molecule has 0 unspecified atom stereocenters. The highest BCUT2D eigenvalue weighted by Crippen LogP contribution is 2.18. The molecule has 100 valence electrons. The molecule has 1 atom stereocenters. The van der Waals surface area contributed by atoms with Crippen LogP contribution >= 0.6 is 0 Å². The van der Waals surface area contributed by atoms with Gasteiger partial charge in [-0.05, 0) is 18.9 Å². The van der Waals surface area contributed by atoms with E-state index in [1.54, 1.807) is 6.92 Å². The largest absolute Gasteiger partial charge is 0.334 e. The molecule has 0 aromatic heterocycles. The fourth-order valence-corrected chi connectivity index (χ4v) is 1.37. The Labute approximate surface area is 111 Å². The number of hydrogen-bond donors (Lipinski definition) is 1. The molecule has 0 heterocycles. The van der Waals surface area contributed by atoms with Gasteiger partial charge in [-0.15, -0.1) is 0 Å². The van der Waals surface area contributed by atoms with E-state index < -0.39 is 16.4 Å². The number of benzene rings is 1. The summed E-state index contributed by atoms with van der Waals surface area (Å²) in [4.78, 5) is 22.1. The van der Waals surface area contributed by atoms with Crippen LogP contribution in [-0.2, 0) is 0 Å². The van der Waals surface area contributed by atoms with E-state index in [-0.39, 0.29) is 17.2 Å². The highest BCUT2D eigenvalue weighted by atomic mass is 16.6. The molecule has 6 nitrogen and oxygen atoms in total. The molecule has 1 aromatic carbocycles. The Balaban J connectivity index is 2.99. The lowest BCUT2D eigenvalue weighted by Crippen LogP contribution is -2.48. The molecular weight excluding hydrogens is 246 g/mol. The topological polar surface area (TPSA) is 96.0 Å². The average molecular weight is 261 g/mol. The summed E-state index contributed by atoms with van der Waals surface area (Å²) in [5, 5.41) is 22.4. The van der Waals surface area contributed by atoms with Gasteiger partial charge in [0.05, 0.1) is 11.0 Å². The maximum absolute atomic E-state index is 12.0. The first kappa shape index (κ1) is 14.6. The van der Waals surface area contributed by atoms with E-state index in [9.17, 15) is 14.9 Å². The van der Waals surface area contributed by atoms with Crippen LogP contribution in [0.4, 0.5) is 5.69 Å². The first-order chi connectivity index (χ1) is 8.80. The molecular formula is C13H15N3O3. The number of nitro benzene ring substituents is 1. The van der Waals surface area contributed by atoms with E-state index in [0.29, 0.717) is 0 Å². The van der Waals surface area contributed by atoms with E-state index >= 15 is 0 Å². The molecule has 0 aliphatic carbocycles. The van der Waals surface area contributed by atoms with Crippen molar-refractivity contribution in [1.82, 2.24) is 5.32 Å². The second kappa shape index (κ2) is 5.48. The Kier molecular flexibility index (Phi) is 4.22. The van der Waals surface area contributed by atoms with Gasteiger partial charge in [0.25, 0.3) is 11.6 Å². The van der Waals surface area contributed by atoms with Crippen molar-refractivity contribution < 1.29 is 9.72 Å². The third-order valence-electron chi connectivity index (χ3n) is 3.08. The summed E-state index contributed by atoms with van der Waals surface area (Å²) >= 11 is 0. The first-order valence-corrected chi connectivity index (χ1v) is 5.78. The molecule has 0 bridgehead atoms. The molecule has 0 radical (unpaired) electrons. The summed E-state index contributed by atoms with van der Waals surface area (Å²) in [6, 6.07) is 7.46. The predicted octanol–water partition coefficient (Wildman–Crippen LogP) is 2.26. The summed E-state index contributed by atoms with van der Waals surface area (Å²) in [5.74, 6) is -0.582. The summed E-state index contributed by atoms with van der Waals surface area (Å²) in [7, 11) is 0. The van der Waals surface area contributed by atoms with E-state index in [1.807, 2.05) is 13.8 Å². The van der Waals surface area contributed by atoms with Crippen molar-refractivity contribution in [2.75, 3.05) is 0 Å². The van der Waals surface area contributed by atoms with Gasteiger partial charge >= 0.3 is 0 Å². The molecule has 19 heavy (non-hydrogen) atoms. The molecule has 0 saturated heterocycles. The Morgan fingerprint density at radius 2 is 2.16 bits per heavy atom. The zero-order chi connectivity index (χ0) is 14.6. The normalized spacial score (nSPS) is 13.4. The first-order valence-electron chi connectivity index (χ1n) is 5.78. The van der Waals surface area contributed by atoms with Crippen LogP contribution in [0.5, 0.6) is 0 Å². The molecule has 0 fully saturated rings. The van der Waals surface area contributed by atoms with Gasteiger partial charge in [-0.3, -0.25) is 14.9 Å². The molecule has 1 aromatic rings. The van der Waals surface area contributed by atoms with E-state index in [2.05, 4.69) is 11.4 Å². The number of hydrogen-bond acceptors (Lipinski definition) is 4. The molecule has 0 saturated carbocycles. The minimum atomic E-state index is -1.01. The summed E-state index contributed by atoms with van der Waals surface area (Å²) in [5.41, 5.74) is -1.01. The van der Waals surface area contributed by atoms with Crippen molar-refractivity contribution in [3.8, 4) is 6.07 Å². The second-order valence-corrected chi connectivity index (χ2v) is 4.73. The van der Waals surface area contributed by atoms with Crippen LogP contribution in [0.2, 0.25) is 0 Å². The quantitative estimate of drug-likeness (QED) is 0.664. The number of nitro groups is 1. The van der Waals surface area contributed by atoms with Gasteiger partial charge in [-0.2, -0.15) is 5.26 Å². The maximum Gasteiger partial charge on any atom is 0.270 e. The lowest BCUT2D eigenvalue weighted by atomic mass is 9.89. The monoisotopic (exact) mass is 261 g/mol. The number of nitriles is 1. The minimum Gasteiger partial charge on any atom is -0.334 e. The number of nitrogens with one attached hydrogen (secondary N) is 1. The van der Waals surface area contributed by atoms with Crippen LogP contribution in [0, 0.1) is 27.4 Å². The van der Waals surface area contributed by atoms with Crippen molar-refractivity contribution in [3.05, 3.63) is 39.9 Å². The van der Waals surface area contributed by atoms with Gasteiger partial charge in [-0.25, -0.2) is 0 Å². The third-order valence-corrected chi connectivity index (χ3v) is 3.08. The van der Waals surface area contributed by atoms with Crippen LogP contribution < -0.4 is 5.32 Å². The van der Waals surface area contributed by atoms with Crippen LogP contribution in [0.3, 0.4) is 0 Å². The number of rotatable bonds is 4. The van der Waals surface area contributed by atoms with Gasteiger partial charge in [0.15, 0.2) is 0 Å². The zero-order valence-electron chi connectivity index (χ0n) is 11.0. The molecule has 1 N–H and O–H groups in total. The highest BCUT2D eigenvalue weighted by Gasteiger charge is 2.30. The molecule has 6 heteroatoms. The lowest BCUT2D eigenvalue weighted by molar-refractivity contribution is -0.384. The molecule has 0 spiro atoms. The second-order valence-electron chi connectivity index (χ2n) is 4.73. The van der Waals surface area contributed by atoms with Crippen LogP contribution in [0.1, 0.15) is 31.1 Å². The maximum atomic E-state index is 12.0. The van der Waals surface area contributed by atoms with Gasteiger partial charge < -0.3 is 5.32 Å². The SMILES string of the molecule is CC(C)[C@@](C)(C#N)NC(=O)c1cccc([N+](=O)[O-])c1. The van der Waals surface area contributed by atoms with Crippen LogP contribution in [0.25, 0.3) is 0 Å². The fraction of sp³-hybridized carbons (Fsp3) is 0.385. The number of carbonyl (C=O) groups is 1. The minimum absolute atomic E-state index is 0.0832. The highest BCUT2D eigenvalue weighted by molar-refractivity contribution is 5.95. The van der Waals surface area contributed by atoms with E-state index in [4.69, 9.17) is 5.26 Å². The van der Waals surface area contributed by atoms with Gasteiger partial charge in [-0.1, -0.05) is 19.9 Å². The molecule has 1 rings (SSSR count). The number of non-ortho nitro benzene ring substituents is 1. The number of carbonyl (C=O) groups excluding carboxylic acids is 1. The van der Waals surface area contributed by atoms with Crippen molar-refractivity contribution in [2.45, 2.75) is 26.3 Å². The smallest absolute Gasteiger partial charge is 0.270 e. The van der Waals surface area contributed by atoms with Gasteiger partial charge in [0, 0.05) is 17.7 Å². The van der Waals surface area contributed by atoms with Crippen molar-refractivity contribution >= 4 is 11.6 Å². The Morgan fingerprint density at radius 1 is 1.53 bits per heavy atom. The number of nitrogens with zero attached hydrogens (tertiary/aromatic N) is 2. The Hall–Kier alpha value is -2.42. The Morgan fingerprint density at radius 3 is 2.63 bits per heavy atom. The molecule has 0 aliphatic heterocycles. The summed E-state index contributed by atoms with van der Waals surface area (Å²) in [6.45, 7) is 5.25. The van der Waals surface area contributed by atoms with Gasteiger partial charge in [0.2, 0.25) is 0 Å². The van der Waals surface area contributed by atoms with Crippen molar-refractivity contribution in [1.29, 1.82) is 5.26 Å². The number of amides is 1. The average Bonchev–Trinajstić information content (AvgIpc) is 2.38. The van der Waals surface area contributed by atoms with Crippen molar-refractivity contribution in [3.63, 3.8) is 0 Å². The fourth-order valence-electron chi connectivity index (χ4n) is 1.37. The summed E-state index contributed by atoms with van der Waals surface area (Å²) < 4.78 is 0. The zero-order valence-corrected chi connectivity index (χ0v) is 11.0. The molecule has 1 amide bonds.